The van der Waals surface area contributed by atoms with Gasteiger partial charge in [-0.1, -0.05) is 97.6 Å². The van der Waals surface area contributed by atoms with Gasteiger partial charge in [0.15, 0.2) is 0 Å². The lowest BCUT2D eigenvalue weighted by atomic mass is 9.88. The number of hydrogen-bond acceptors (Lipinski definition) is 1. The summed E-state index contributed by atoms with van der Waals surface area (Å²) >= 11 is 0. The van der Waals surface area contributed by atoms with Gasteiger partial charge in [-0.25, -0.2) is 0 Å². The monoisotopic (exact) mass is 455 g/mol. The maximum atomic E-state index is 4.10. The third-order valence-corrected chi connectivity index (χ3v) is 6.48. The van der Waals surface area contributed by atoms with Crippen molar-refractivity contribution in [3.05, 3.63) is 138 Å². The number of aryl methyl sites for hydroxylation is 1. The Bertz CT molecular complexity index is 1390. The van der Waals surface area contributed by atoms with Gasteiger partial charge in [-0.2, -0.15) is 0 Å². The molecule has 0 amide bonds. The van der Waals surface area contributed by atoms with Gasteiger partial charge in [-0.3, -0.25) is 0 Å². The number of hydrogen-bond donors (Lipinski definition) is 1. The smallest absolute Gasteiger partial charge is 0.0466 e. The molecule has 0 radical (unpaired) electrons. The Morgan fingerprint density at radius 1 is 0.771 bits per heavy atom. The predicted molar refractivity (Wildman–Crippen MR) is 154 cm³/mol. The van der Waals surface area contributed by atoms with Gasteiger partial charge in [-0.05, 0) is 90.4 Å². The molecule has 0 bridgehead atoms. The molecule has 0 aliphatic heterocycles. The zero-order chi connectivity index (χ0) is 24.8. The van der Waals surface area contributed by atoms with Crippen molar-refractivity contribution < 1.29 is 0 Å². The summed E-state index contributed by atoms with van der Waals surface area (Å²) in [6.07, 6.45) is 6.18. The second-order valence-electron chi connectivity index (χ2n) is 8.84. The molecule has 174 valence electrons. The summed E-state index contributed by atoms with van der Waals surface area (Å²) in [4.78, 5) is 0. The topological polar surface area (TPSA) is 12.0 Å². The van der Waals surface area contributed by atoms with E-state index in [1.807, 2.05) is 19.1 Å². The van der Waals surface area contributed by atoms with Crippen LogP contribution in [0, 0.1) is 13.8 Å². The fourth-order valence-electron chi connectivity index (χ4n) is 4.68. The molecule has 0 spiro atoms. The molecule has 0 aliphatic carbocycles. The predicted octanol–water partition coefficient (Wildman–Crippen LogP) is 9.92. The molecule has 35 heavy (non-hydrogen) atoms. The normalized spacial score (nSPS) is 11.9. The van der Waals surface area contributed by atoms with Crippen LogP contribution in [-0.4, -0.2) is 0 Å². The minimum absolute atomic E-state index is 1.07. The van der Waals surface area contributed by atoms with Crippen LogP contribution >= 0.6 is 0 Å². The van der Waals surface area contributed by atoms with Crippen LogP contribution in [0.2, 0.25) is 0 Å². The Morgan fingerprint density at radius 3 is 2.14 bits per heavy atom. The molecule has 0 atom stereocenters. The Labute approximate surface area is 210 Å². The summed E-state index contributed by atoms with van der Waals surface area (Å²) in [5.41, 5.74) is 13.2. The average Bonchev–Trinajstić information content (AvgIpc) is 2.87. The quantitative estimate of drug-likeness (QED) is 0.273. The molecule has 4 rings (SSSR count). The van der Waals surface area contributed by atoms with Gasteiger partial charge in [0.25, 0.3) is 0 Å². The molecule has 1 heteroatoms. The molecule has 0 unspecified atom stereocenters. The molecular weight excluding hydrogens is 422 g/mol. The molecule has 1 N–H and O–H groups in total. The van der Waals surface area contributed by atoms with Crippen LogP contribution < -0.4 is 5.32 Å². The molecule has 0 aliphatic rings. The largest absolute Gasteiger partial charge is 0.355 e. The summed E-state index contributed by atoms with van der Waals surface area (Å²) in [5.74, 6) is 0. The summed E-state index contributed by atoms with van der Waals surface area (Å²) in [7, 11) is 0. The maximum absolute atomic E-state index is 4.10. The van der Waals surface area contributed by atoms with E-state index in [1.54, 1.807) is 0 Å². The third-order valence-electron chi connectivity index (χ3n) is 6.48. The molecule has 1 nitrogen and oxygen atoms in total. The molecule has 0 aromatic heterocycles. The van der Waals surface area contributed by atoms with Gasteiger partial charge < -0.3 is 5.32 Å². The fourth-order valence-corrected chi connectivity index (χ4v) is 4.68. The first kappa shape index (κ1) is 24.0. The second-order valence-corrected chi connectivity index (χ2v) is 8.84. The third kappa shape index (κ3) is 5.20. The van der Waals surface area contributed by atoms with Crippen LogP contribution in [-0.2, 0) is 0 Å². The van der Waals surface area contributed by atoms with E-state index in [0.717, 1.165) is 11.4 Å². The minimum Gasteiger partial charge on any atom is -0.355 e. The maximum Gasteiger partial charge on any atom is 0.0466 e. The van der Waals surface area contributed by atoms with E-state index in [2.05, 4.69) is 130 Å². The highest BCUT2D eigenvalue weighted by atomic mass is 14.9. The molecule has 4 aromatic carbocycles. The second kappa shape index (κ2) is 10.9. The van der Waals surface area contributed by atoms with E-state index in [-0.39, 0.29) is 0 Å². The van der Waals surface area contributed by atoms with Crippen LogP contribution in [0.5, 0.6) is 0 Å². The highest BCUT2D eigenvalue weighted by Gasteiger charge is 2.15. The first-order chi connectivity index (χ1) is 17.0. The van der Waals surface area contributed by atoms with Gasteiger partial charge in [0.05, 0.1) is 0 Å². The van der Waals surface area contributed by atoms with Crippen molar-refractivity contribution in [3.63, 3.8) is 0 Å². The van der Waals surface area contributed by atoms with E-state index < -0.39 is 0 Å². The average molecular weight is 456 g/mol. The Morgan fingerprint density at radius 2 is 1.46 bits per heavy atom. The van der Waals surface area contributed by atoms with Crippen LogP contribution in [0.1, 0.15) is 30.5 Å². The fraction of sp³-hybridized carbons (Fsp3) is 0.118. The molecule has 4 aromatic rings. The lowest BCUT2D eigenvalue weighted by Crippen LogP contribution is -1.99. The molecule has 0 fully saturated rings. The van der Waals surface area contributed by atoms with Gasteiger partial charge in [-0.15, -0.1) is 0 Å². The molecule has 0 heterocycles. The highest BCUT2D eigenvalue weighted by Crippen LogP contribution is 2.38. The number of allylic oxidation sites excluding steroid dienone is 5. The lowest BCUT2D eigenvalue weighted by molar-refractivity contribution is 1.37. The first-order valence-electron chi connectivity index (χ1n) is 12.1. The van der Waals surface area contributed by atoms with E-state index in [4.69, 9.17) is 0 Å². The molecule has 0 saturated carbocycles. The van der Waals surface area contributed by atoms with Crippen molar-refractivity contribution in [2.45, 2.75) is 27.7 Å². The van der Waals surface area contributed by atoms with Crippen molar-refractivity contribution >= 4 is 16.9 Å². The van der Waals surface area contributed by atoms with Crippen LogP contribution in [0.25, 0.3) is 27.8 Å². The van der Waals surface area contributed by atoms with Gasteiger partial charge >= 0.3 is 0 Å². The zero-order valence-corrected chi connectivity index (χ0v) is 21.1. The van der Waals surface area contributed by atoms with Gasteiger partial charge in [0, 0.05) is 16.9 Å². The van der Waals surface area contributed by atoms with Crippen molar-refractivity contribution in [2.75, 3.05) is 5.32 Å². The van der Waals surface area contributed by atoms with E-state index >= 15 is 0 Å². The Kier molecular flexibility index (Phi) is 7.48. The van der Waals surface area contributed by atoms with Crippen molar-refractivity contribution in [2.24, 2.45) is 0 Å². The van der Waals surface area contributed by atoms with E-state index in [0.29, 0.717) is 0 Å². The van der Waals surface area contributed by atoms with Gasteiger partial charge in [0.1, 0.15) is 0 Å². The first-order valence-corrected chi connectivity index (χ1v) is 12.1. The van der Waals surface area contributed by atoms with Gasteiger partial charge in [0.2, 0.25) is 0 Å². The SMILES string of the molecule is C=C/C(=C(C)\C=C/C)c1cccc(-c2c(C)cccc2Nc2ccc(-c3ccccc3)cc2)c1C. The van der Waals surface area contributed by atoms with Crippen LogP contribution in [0.15, 0.2) is 121 Å². The van der Waals surface area contributed by atoms with Crippen LogP contribution in [0.4, 0.5) is 11.4 Å². The number of nitrogens with one attached hydrogen (secondary N) is 1. The highest BCUT2D eigenvalue weighted by molar-refractivity contribution is 5.89. The van der Waals surface area contributed by atoms with E-state index in [9.17, 15) is 0 Å². The zero-order valence-electron chi connectivity index (χ0n) is 21.1. The lowest BCUT2D eigenvalue weighted by Gasteiger charge is -2.19. The number of anilines is 2. The summed E-state index contributed by atoms with van der Waals surface area (Å²) in [5, 5.41) is 3.68. The van der Waals surface area contributed by atoms with E-state index in [1.165, 1.54) is 50.1 Å². The summed E-state index contributed by atoms with van der Waals surface area (Å²) < 4.78 is 0. The molecular formula is C34H33N. The summed E-state index contributed by atoms with van der Waals surface area (Å²) in [6, 6.07) is 32.1. The minimum atomic E-state index is 1.07. The standard InChI is InChI=1S/C34H33N/c1-6-13-24(3)30(7-2)31-17-12-18-32(26(31)5)34-25(4)14-11-19-33(34)35-29-22-20-28(21-23-29)27-15-9-8-10-16-27/h6-23,35H,2H2,1,3-5H3/b13-6-,30-24+. The van der Waals surface area contributed by atoms with Crippen molar-refractivity contribution in [1.29, 1.82) is 0 Å². The Balaban J connectivity index is 1.75. The number of rotatable bonds is 7. The molecule has 0 saturated heterocycles. The number of benzene rings is 4. The summed E-state index contributed by atoms with van der Waals surface area (Å²) in [6.45, 7) is 12.7. The van der Waals surface area contributed by atoms with Crippen molar-refractivity contribution in [1.82, 2.24) is 0 Å². The Hall–Kier alpha value is -4.10. The van der Waals surface area contributed by atoms with Crippen LogP contribution in [0.3, 0.4) is 0 Å². The van der Waals surface area contributed by atoms with Crippen molar-refractivity contribution in [3.8, 4) is 22.3 Å².